The number of benzene rings is 1. The monoisotopic (exact) mass is 252 g/mol. The first kappa shape index (κ1) is 12.7. The number of phenols is 1. The molecule has 0 saturated heterocycles. The van der Waals surface area contributed by atoms with Crippen molar-refractivity contribution in [2.75, 3.05) is 13.7 Å². The first-order chi connectivity index (χ1) is 8.51. The number of fused-ring (bicyclic) bond motifs is 1. The van der Waals surface area contributed by atoms with Gasteiger partial charge in [0.25, 0.3) is 0 Å². The third kappa shape index (κ3) is 1.71. The molecule has 0 saturated carbocycles. The fourth-order valence-corrected chi connectivity index (χ4v) is 2.44. The highest BCUT2D eigenvalue weighted by Gasteiger charge is 2.36. The molecule has 0 fully saturated rings. The summed E-state index contributed by atoms with van der Waals surface area (Å²) in [6.45, 7) is 3.42. The van der Waals surface area contributed by atoms with Gasteiger partial charge in [0.05, 0.1) is 13.7 Å². The number of carbonyl (C=O) groups is 1. The van der Waals surface area contributed by atoms with Crippen molar-refractivity contribution in [2.24, 2.45) is 0 Å². The first-order valence-corrected chi connectivity index (χ1v) is 5.73. The van der Waals surface area contributed by atoms with Gasteiger partial charge in [-0.2, -0.15) is 0 Å². The number of carbonyl (C=O) groups excluding carboxylic acids is 1. The van der Waals surface area contributed by atoms with Gasteiger partial charge in [-0.15, -0.1) is 0 Å². The minimum atomic E-state index is -0.606. The van der Waals surface area contributed by atoms with Crippen molar-refractivity contribution in [3.05, 3.63) is 22.8 Å². The number of hydrogen-bond acceptors (Lipinski definition) is 5. The zero-order chi connectivity index (χ0) is 13.4. The Labute approximate surface area is 105 Å². The summed E-state index contributed by atoms with van der Waals surface area (Å²) < 4.78 is 10.3. The van der Waals surface area contributed by atoms with Gasteiger partial charge in [0.15, 0.2) is 0 Å². The van der Waals surface area contributed by atoms with Crippen molar-refractivity contribution < 1.29 is 24.5 Å². The number of cyclic esters (lactones) is 1. The number of aliphatic hydroxyl groups is 1. The molecule has 0 amide bonds. The zero-order valence-electron chi connectivity index (χ0n) is 10.6. The number of phenolic OH excluding ortho intramolecular Hbond substituents is 1. The van der Waals surface area contributed by atoms with Gasteiger partial charge in [-0.05, 0) is 18.1 Å². The van der Waals surface area contributed by atoms with E-state index in [1.807, 2.05) is 13.8 Å². The number of aromatic hydroxyl groups is 1. The molecular formula is C13H16O5. The molecule has 1 aliphatic heterocycles. The van der Waals surface area contributed by atoms with E-state index >= 15 is 0 Å². The minimum absolute atomic E-state index is 0.152. The minimum Gasteiger partial charge on any atom is -0.507 e. The summed E-state index contributed by atoms with van der Waals surface area (Å²) in [5, 5.41) is 19.1. The Bertz CT molecular complexity index is 495. The molecule has 1 aromatic rings. The summed E-state index contributed by atoms with van der Waals surface area (Å²) in [5.41, 5.74) is 1.64. The van der Waals surface area contributed by atoms with Crippen LogP contribution < -0.4 is 4.74 Å². The van der Waals surface area contributed by atoms with Gasteiger partial charge in [0.2, 0.25) is 0 Å². The molecular weight excluding hydrogens is 236 g/mol. The average molecular weight is 252 g/mol. The number of hydrogen-bond donors (Lipinski definition) is 2. The maximum absolute atomic E-state index is 11.8. The number of ether oxygens (including phenoxy) is 2. The Hall–Kier alpha value is -1.75. The van der Waals surface area contributed by atoms with Gasteiger partial charge in [-0.25, -0.2) is 4.79 Å². The number of aliphatic hydroxyl groups excluding tert-OH is 1. The highest BCUT2D eigenvalue weighted by atomic mass is 16.6. The first-order valence-electron chi connectivity index (χ1n) is 5.73. The lowest BCUT2D eigenvalue weighted by atomic mass is 9.85. The van der Waals surface area contributed by atoms with Gasteiger partial charge in [-0.3, -0.25) is 0 Å². The van der Waals surface area contributed by atoms with Crippen LogP contribution in [0.5, 0.6) is 11.5 Å². The van der Waals surface area contributed by atoms with Crippen LogP contribution in [0.25, 0.3) is 0 Å². The van der Waals surface area contributed by atoms with E-state index < -0.39 is 12.1 Å². The van der Waals surface area contributed by atoms with Crippen LogP contribution >= 0.6 is 0 Å². The van der Waals surface area contributed by atoms with E-state index in [1.165, 1.54) is 13.2 Å². The van der Waals surface area contributed by atoms with Gasteiger partial charge in [-0.1, -0.05) is 6.92 Å². The molecule has 0 radical (unpaired) electrons. The maximum atomic E-state index is 11.8. The third-order valence-corrected chi connectivity index (χ3v) is 3.44. The van der Waals surface area contributed by atoms with Crippen LogP contribution in [0.1, 0.15) is 34.3 Å². The molecule has 0 aliphatic carbocycles. The smallest absolute Gasteiger partial charge is 0.342 e. The Kier molecular flexibility index (Phi) is 3.17. The molecule has 0 bridgehead atoms. The van der Waals surface area contributed by atoms with Crippen LogP contribution in [0, 0.1) is 6.92 Å². The van der Waals surface area contributed by atoms with Crippen molar-refractivity contribution in [1.29, 1.82) is 0 Å². The van der Waals surface area contributed by atoms with E-state index in [2.05, 4.69) is 0 Å². The Morgan fingerprint density at radius 2 is 2.17 bits per heavy atom. The number of rotatable bonds is 2. The molecule has 1 aliphatic rings. The average Bonchev–Trinajstić information content (AvgIpc) is 2.35. The van der Waals surface area contributed by atoms with Crippen molar-refractivity contribution in [3.8, 4) is 11.5 Å². The molecule has 2 rings (SSSR count). The molecule has 1 aromatic carbocycles. The fraction of sp³-hybridized carbons (Fsp3) is 0.462. The molecule has 2 unspecified atom stereocenters. The summed E-state index contributed by atoms with van der Waals surface area (Å²) >= 11 is 0. The molecule has 5 nitrogen and oxygen atoms in total. The van der Waals surface area contributed by atoms with Gasteiger partial charge >= 0.3 is 5.97 Å². The predicted molar refractivity (Wildman–Crippen MR) is 64.1 cm³/mol. The number of methoxy groups -OCH3 is 1. The summed E-state index contributed by atoms with van der Waals surface area (Å²) in [7, 11) is 1.50. The van der Waals surface area contributed by atoms with Crippen molar-refractivity contribution in [2.45, 2.75) is 25.9 Å². The van der Waals surface area contributed by atoms with E-state index in [4.69, 9.17) is 9.47 Å². The van der Waals surface area contributed by atoms with Crippen LogP contribution in [0.4, 0.5) is 0 Å². The fourth-order valence-electron chi connectivity index (χ4n) is 2.44. The van der Waals surface area contributed by atoms with Crippen LogP contribution in [0.3, 0.4) is 0 Å². The summed E-state index contributed by atoms with van der Waals surface area (Å²) in [5.74, 6) is -0.431. The molecule has 18 heavy (non-hydrogen) atoms. The lowest BCUT2D eigenvalue weighted by molar-refractivity contribution is 0.000350. The Morgan fingerprint density at radius 3 is 2.72 bits per heavy atom. The lowest BCUT2D eigenvalue weighted by Gasteiger charge is -2.31. The molecule has 5 heteroatoms. The molecule has 1 heterocycles. The summed E-state index contributed by atoms with van der Waals surface area (Å²) in [6.07, 6.45) is -0.588. The second-order valence-electron chi connectivity index (χ2n) is 4.43. The molecule has 0 aromatic heterocycles. The van der Waals surface area contributed by atoms with Crippen LogP contribution in [0.2, 0.25) is 0 Å². The molecule has 2 N–H and O–H groups in total. The summed E-state index contributed by atoms with van der Waals surface area (Å²) in [6, 6.07) is 1.40. The zero-order valence-corrected chi connectivity index (χ0v) is 10.6. The van der Waals surface area contributed by atoms with Crippen molar-refractivity contribution in [1.82, 2.24) is 0 Å². The predicted octanol–water partition coefficient (Wildman–Crippen LogP) is 1.34. The van der Waals surface area contributed by atoms with Gasteiger partial charge < -0.3 is 19.7 Å². The number of esters is 1. The van der Waals surface area contributed by atoms with Crippen LogP contribution in [0.15, 0.2) is 6.07 Å². The third-order valence-electron chi connectivity index (χ3n) is 3.44. The highest BCUT2D eigenvalue weighted by molar-refractivity contribution is 5.96. The van der Waals surface area contributed by atoms with E-state index in [-0.39, 0.29) is 23.8 Å². The van der Waals surface area contributed by atoms with Crippen LogP contribution in [-0.2, 0) is 4.74 Å². The largest absolute Gasteiger partial charge is 0.507 e. The van der Waals surface area contributed by atoms with E-state index in [0.29, 0.717) is 11.3 Å². The van der Waals surface area contributed by atoms with Crippen LogP contribution in [-0.4, -0.2) is 36.0 Å². The summed E-state index contributed by atoms with van der Waals surface area (Å²) in [4.78, 5) is 11.8. The highest BCUT2D eigenvalue weighted by Crippen LogP contribution is 2.41. The topological polar surface area (TPSA) is 76.0 Å². The van der Waals surface area contributed by atoms with Crippen molar-refractivity contribution >= 4 is 5.97 Å². The maximum Gasteiger partial charge on any atom is 0.342 e. The molecule has 98 valence electrons. The lowest BCUT2D eigenvalue weighted by Crippen LogP contribution is -2.34. The second-order valence-corrected chi connectivity index (χ2v) is 4.43. The second kappa shape index (κ2) is 4.49. The van der Waals surface area contributed by atoms with Gasteiger partial charge in [0, 0.05) is 12.0 Å². The van der Waals surface area contributed by atoms with E-state index in [0.717, 1.165) is 5.56 Å². The normalized spacial score (nSPS) is 22.3. The van der Waals surface area contributed by atoms with E-state index in [9.17, 15) is 15.0 Å². The SMILES string of the molecule is COc1cc(O)c2c(c1C)C(C)C(CO)OC2=O. The standard InChI is InChI=1S/C13H16O5/c1-6-9(17-3)4-8(15)12-11(6)7(2)10(5-14)18-13(12)16/h4,7,10,14-15H,5H2,1-3H3. The molecule has 0 spiro atoms. The molecule has 2 atom stereocenters. The van der Waals surface area contributed by atoms with E-state index in [1.54, 1.807) is 0 Å². The van der Waals surface area contributed by atoms with Gasteiger partial charge in [0.1, 0.15) is 23.2 Å². The van der Waals surface area contributed by atoms with Crippen molar-refractivity contribution in [3.63, 3.8) is 0 Å². The Morgan fingerprint density at radius 1 is 1.50 bits per heavy atom. The Balaban J connectivity index is 2.68. The quantitative estimate of drug-likeness (QED) is 0.777.